The van der Waals surface area contributed by atoms with Gasteiger partial charge in [0.05, 0.1) is 10.6 Å². The Morgan fingerprint density at radius 3 is 2.79 bits per heavy atom. The van der Waals surface area contributed by atoms with E-state index in [4.69, 9.17) is 21.8 Å². The molecule has 6 heteroatoms. The number of nitrogen functional groups attached to an aromatic ring is 1. The molecule has 3 N–H and O–H groups in total. The Balaban J connectivity index is 2.23. The molecule has 1 aromatic heterocycles. The molecule has 0 aliphatic heterocycles. The van der Waals surface area contributed by atoms with Crippen LogP contribution in [0.15, 0.2) is 34.7 Å². The van der Waals surface area contributed by atoms with Crippen LogP contribution >= 0.6 is 11.6 Å². The van der Waals surface area contributed by atoms with E-state index in [0.29, 0.717) is 11.3 Å². The number of hydrogen-bond donors (Lipinski definition) is 2. The number of aromatic nitrogens is 1. The maximum absolute atomic E-state index is 13.2. The van der Waals surface area contributed by atoms with E-state index in [9.17, 15) is 9.50 Å². The number of hydrogen-bond acceptors (Lipinski definition) is 4. The molecule has 0 spiro atoms. The highest BCUT2D eigenvalue weighted by Crippen LogP contribution is 2.34. The van der Waals surface area contributed by atoms with Crippen LogP contribution in [0.1, 0.15) is 0 Å². The van der Waals surface area contributed by atoms with E-state index in [-0.39, 0.29) is 27.8 Å². The first-order valence-electron chi connectivity index (χ1n) is 5.39. The molecule has 0 atom stereocenters. The van der Waals surface area contributed by atoms with E-state index >= 15 is 0 Å². The predicted molar refractivity (Wildman–Crippen MR) is 70.5 cm³/mol. The number of phenols is 1. The highest BCUT2D eigenvalue weighted by molar-refractivity contribution is 6.34. The molecule has 96 valence electrons. The smallest absolute Gasteiger partial charge is 0.231 e. The van der Waals surface area contributed by atoms with Crippen molar-refractivity contribution in [3.8, 4) is 17.2 Å². The highest BCUT2D eigenvalue weighted by Gasteiger charge is 2.15. The summed E-state index contributed by atoms with van der Waals surface area (Å²) in [6, 6.07) is 6.91. The van der Waals surface area contributed by atoms with Crippen LogP contribution in [0, 0.1) is 5.82 Å². The second-order valence-corrected chi connectivity index (χ2v) is 4.44. The summed E-state index contributed by atoms with van der Waals surface area (Å²) in [5.41, 5.74) is 6.88. The van der Waals surface area contributed by atoms with Gasteiger partial charge in [-0.25, -0.2) is 9.37 Å². The Hall–Kier alpha value is -2.27. The maximum Gasteiger partial charge on any atom is 0.231 e. The molecule has 0 radical (unpaired) electrons. The fourth-order valence-corrected chi connectivity index (χ4v) is 2.04. The van der Waals surface area contributed by atoms with Crippen LogP contribution in [0.2, 0.25) is 5.02 Å². The predicted octanol–water partition coefficient (Wildman–Crippen LogP) is 3.58. The Morgan fingerprint density at radius 2 is 2.05 bits per heavy atom. The first-order chi connectivity index (χ1) is 9.04. The normalized spacial score (nSPS) is 11.1. The summed E-state index contributed by atoms with van der Waals surface area (Å²) in [7, 11) is 0. The molecule has 0 unspecified atom stereocenters. The minimum Gasteiger partial charge on any atom is -0.507 e. The fraction of sp³-hybridized carbons (Fsp3) is 0. The number of oxazole rings is 1. The van der Waals surface area contributed by atoms with Crippen LogP contribution in [0.3, 0.4) is 0 Å². The van der Waals surface area contributed by atoms with Crippen LogP contribution in [0.4, 0.5) is 10.1 Å². The van der Waals surface area contributed by atoms with Crippen molar-refractivity contribution in [2.24, 2.45) is 0 Å². The number of anilines is 1. The third kappa shape index (κ3) is 1.98. The van der Waals surface area contributed by atoms with Crippen molar-refractivity contribution < 1.29 is 13.9 Å². The number of benzene rings is 2. The summed E-state index contributed by atoms with van der Waals surface area (Å²) in [5, 5.41) is 9.94. The molecular formula is C13H8ClFN2O2. The van der Waals surface area contributed by atoms with Gasteiger partial charge >= 0.3 is 0 Å². The van der Waals surface area contributed by atoms with Crippen LogP contribution in [-0.2, 0) is 0 Å². The van der Waals surface area contributed by atoms with Gasteiger partial charge in [0.2, 0.25) is 5.89 Å². The van der Waals surface area contributed by atoms with Gasteiger partial charge in [-0.1, -0.05) is 11.6 Å². The van der Waals surface area contributed by atoms with Crippen molar-refractivity contribution in [2.45, 2.75) is 0 Å². The monoisotopic (exact) mass is 278 g/mol. The molecule has 1 heterocycles. The summed E-state index contributed by atoms with van der Waals surface area (Å²) in [6.45, 7) is 0. The lowest BCUT2D eigenvalue weighted by Crippen LogP contribution is -1.85. The average Bonchev–Trinajstić information content (AvgIpc) is 2.72. The van der Waals surface area contributed by atoms with Gasteiger partial charge in [-0.05, 0) is 18.2 Å². The highest BCUT2D eigenvalue weighted by atomic mass is 35.5. The van der Waals surface area contributed by atoms with Crippen molar-refractivity contribution in [3.63, 3.8) is 0 Å². The summed E-state index contributed by atoms with van der Waals surface area (Å²) < 4.78 is 18.7. The zero-order valence-corrected chi connectivity index (χ0v) is 10.3. The topological polar surface area (TPSA) is 72.3 Å². The summed E-state index contributed by atoms with van der Waals surface area (Å²) >= 11 is 5.87. The fourth-order valence-electron chi connectivity index (χ4n) is 1.80. The van der Waals surface area contributed by atoms with Gasteiger partial charge in [-0.3, -0.25) is 0 Å². The first-order valence-corrected chi connectivity index (χ1v) is 5.77. The molecule has 0 saturated carbocycles. The van der Waals surface area contributed by atoms with E-state index in [1.807, 2.05) is 0 Å². The number of rotatable bonds is 1. The van der Waals surface area contributed by atoms with Crippen molar-refractivity contribution in [3.05, 3.63) is 41.2 Å². The van der Waals surface area contributed by atoms with E-state index in [2.05, 4.69) is 4.98 Å². The number of halogens is 2. The van der Waals surface area contributed by atoms with Gasteiger partial charge in [0.1, 0.15) is 17.1 Å². The second kappa shape index (κ2) is 4.13. The molecule has 0 bridgehead atoms. The minimum atomic E-state index is -0.501. The lowest BCUT2D eigenvalue weighted by atomic mass is 10.2. The summed E-state index contributed by atoms with van der Waals surface area (Å²) in [6.07, 6.45) is 0. The van der Waals surface area contributed by atoms with E-state index in [0.717, 1.165) is 6.07 Å². The molecule has 19 heavy (non-hydrogen) atoms. The van der Waals surface area contributed by atoms with Crippen molar-refractivity contribution in [1.29, 1.82) is 0 Å². The van der Waals surface area contributed by atoms with Gasteiger partial charge in [0, 0.05) is 17.8 Å². The number of fused-ring (bicyclic) bond motifs is 1. The molecular weight excluding hydrogens is 271 g/mol. The Labute approximate surface area is 112 Å². The SMILES string of the molecule is Nc1ccc(-c2nc3cc(F)cc(Cl)c3o2)c(O)c1. The quantitative estimate of drug-likeness (QED) is 0.667. The third-order valence-corrected chi connectivity index (χ3v) is 2.94. The molecule has 0 fully saturated rings. The van der Waals surface area contributed by atoms with Gasteiger partial charge in [0.15, 0.2) is 5.58 Å². The van der Waals surface area contributed by atoms with Crippen LogP contribution < -0.4 is 5.73 Å². The van der Waals surface area contributed by atoms with Crippen molar-refractivity contribution in [2.75, 3.05) is 5.73 Å². The minimum absolute atomic E-state index is 0.0665. The average molecular weight is 279 g/mol. The largest absolute Gasteiger partial charge is 0.507 e. The molecule has 0 aliphatic rings. The van der Waals surface area contributed by atoms with Gasteiger partial charge < -0.3 is 15.3 Å². The van der Waals surface area contributed by atoms with Crippen molar-refractivity contribution in [1.82, 2.24) is 4.98 Å². The van der Waals surface area contributed by atoms with Crippen molar-refractivity contribution >= 4 is 28.4 Å². The van der Waals surface area contributed by atoms with Crippen LogP contribution in [0.5, 0.6) is 5.75 Å². The molecule has 4 nitrogen and oxygen atoms in total. The number of nitrogens with zero attached hydrogens (tertiary/aromatic N) is 1. The maximum atomic E-state index is 13.2. The number of aromatic hydroxyl groups is 1. The van der Waals surface area contributed by atoms with Gasteiger partial charge in [0.25, 0.3) is 0 Å². The Bertz CT molecular complexity index is 786. The van der Waals surface area contributed by atoms with E-state index in [1.54, 1.807) is 12.1 Å². The number of nitrogens with two attached hydrogens (primary N) is 1. The van der Waals surface area contributed by atoms with E-state index < -0.39 is 5.82 Å². The van der Waals surface area contributed by atoms with E-state index in [1.165, 1.54) is 12.1 Å². The summed E-state index contributed by atoms with van der Waals surface area (Å²) in [4.78, 5) is 4.10. The van der Waals surface area contributed by atoms with Gasteiger partial charge in [-0.15, -0.1) is 0 Å². The first kappa shape index (κ1) is 11.8. The standard InChI is InChI=1S/C13H8ClFN2O2/c14-9-3-6(15)4-10-12(9)19-13(17-10)8-2-1-7(16)5-11(8)18/h1-5,18H,16H2. The molecule has 3 aromatic rings. The molecule has 3 rings (SSSR count). The molecule has 0 aliphatic carbocycles. The number of phenolic OH excluding ortho intramolecular Hbond substituents is 1. The second-order valence-electron chi connectivity index (χ2n) is 4.03. The Kier molecular flexibility index (Phi) is 2.57. The Morgan fingerprint density at radius 1 is 1.26 bits per heavy atom. The lowest BCUT2D eigenvalue weighted by molar-refractivity contribution is 0.474. The molecule has 0 saturated heterocycles. The lowest BCUT2D eigenvalue weighted by Gasteiger charge is -2.00. The van der Waals surface area contributed by atoms with Crippen LogP contribution in [0.25, 0.3) is 22.6 Å². The zero-order valence-electron chi connectivity index (χ0n) is 9.52. The molecule has 0 amide bonds. The van der Waals surface area contributed by atoms with Gasteiger partial charge in [-0.2, -0.15) is 0 Å². The summed E-state index contributed by atoms with van der Waals surface area (Å²) in [5.74, 6) is -0.415. The van der Waals surface area contributed by atoms with Crippen LogP contribution in [-0.4, -0.2) is 10.1 Å². The molecule has 2 aromatic carbocycles. The zero-order chi connectivity index (χ0) is 13.6. The third-order valence-electron chi connectivity index (χ3n) is 2.66.